The summed E-state index contributed by atoms with van der Waals surface area (Å²) < 4.78 is 0. The van der Waals surface area contributed by atoms with Crippen molar-refractivity contribution in [1.82, 2.24) is 4.98 Å². The molecule has 0 saturated carbocycles. The second kappa shape index (κ2) is 5.16. The van der Waals surface area contributed by atoms with Crippen molar-refractivity contribution < 1.29 is 4.79 Å². The number of nitrogens with one attached hydrogen (secondary N) is 2. The topological polar surface area (TPSA) is 54.0 Å². The van der Waals surface area contributed by atoms with Crippen molar-refractivity contribution in [2.24, 2.45) is 0 Å². The Morgan fingerprint density at radius 1 is 1.53 bits per heavy atom. The van der Waals surface area contributed by atoms with Crippen LogP contribution in [0.1, 0.15) is 10.4 Å². The Bertz CT molecular complexity index is 528. The normalized spacial score (nSPS) is 10.0. The summed E-state index contributed by atoms with van der Waals surface area (Å²) in [5.41, 5.74) is 1.16. The van der Waals surface area contributed by atoms with Crippen molar-refractivity contribution in [3.05, 3.63) is 39.7 Å². The molecule has 0 fully saturated rings. The number of nitrogens with zero attached hydrogens (tertiary/aromatic N) is 1. The lowest BCUT2D eigenvalue weighted by Crippen LogP contribution is -2.12. The molecule has 2 N–H and O–H groups in total. The van der Waals surface area contributed by atoms with Gasteiger partial charge in [-0.3, -0.25) is 4.79 Å². The first-order valence-electron chi connectivity index (χ1n) is 4.87. The summed E-state index contributed by atoms with van der Waals surface area (Å²) in [6, 6.07) is 3.45. The summed E-state index contributed by atoms with van der Waals surface area (Å²) in [5, 5.41) is 9.70. The molecule has 17 heavy (non-hydrogen) atoms. The summed E-state index contributed by atoms with van der Waals surface area (Å²) in [6.45, 7) is 0. The molecular formula is C11H10ClN3OS. The quantitative estimate of drug-likeness (QED) is 0.899. The molecule has 0 unspecified atom stereocenters. The maximum atomic E-state index is 12.0. The van der Waals surface area contributed by atoms with Gasteiger partial charge in [0, 0.05) is 18.6 Å². The van der Waals surface area contributed by atoms with Crippen molar-refractivity contribution in [1.29, 1.82) is 0 Å². The summed E-state index contributed by atoms with van der Waals surface area (Å²) in [5.74, 6) is 0.358. The third kappa shape index (κ3) is 2.75. The molecule has 0 atom stereocenters. The molecule has 1 amide bonds. The van der Waals surface area contributed by atoms with Gasteiger partial charge in [0.15, 0.2) is 0 Å². The number of carbonyl (C=O) groups is 1. The van der Waals surface area contributed by atoms with E-state index in [9.17, 15) is 4.79 Å². The van der Waals surface area contributed by atoms with Gasteiger partial charge >= 0.3 is 0 Å². The summed E-state index contributed by atoms with van der Waals surface area (Å²) >= 11 is 7.46. The summed E-state index contributed by atoms with van der Waals surface area (Å²) in [7, 11) is 1.73. The van der Waals surface area contributed by atoms with Crippen molar-refractivity contribution in [2.75, 3.05) is 17.7 Å². The van der Waals surface area contributed by atoms with Crippen LogP contribution in [0.15, 0.2) is 29.1 Å². The van der Waals surface area contributed by atoms with E-state index in [1.54, 1.807) is 13.1 Å². The lowest BCUT2D eigenvalue weighted by molar-refractivity contribution is 0.102. The van der Waals surface area contributed by atoms with Gasteiger partial charge in [-0.15, -0.1) is 0 Å². The molecule has 0 aliphatic rings. The summed E-state index contributed by atoms with van der Waals surface area (Å²) in [6.07, 6.45) is 1.45. The zero-order valence-corrected chi connectivity index (χ0v) is 10.6. The molecule has 2 rings (SSSR count). The molecule has 0 bridgehead atoms. The fraction of sp³-hybridized carbons (Fsp3) is 0.0909. The Morgan fingerprint density at radius 3 is 3.00 bits per heavy atom. The first-order valence-corrected chi connectivity index (χ1v) is 6.19. The zero-order valence-electron chi connectivity index (χ0n) is 9.03. The van der Waals surface area contributed by atoms with E-state index in [1.807, 2.05) is 16.8 Å². The largest absolute Gasteiger partial charge is 0.373 e. The van der Waals surface area contributed by atoms with Crippen LogP contribution >= 0.6 is 22.9 Å². The van der Waals surface area contributed by atoms with Crippen LogP contribution in [0, 0.1) is 0 Å². The van der Waals surface area contributed by atoms with Crippen LogP contribution in [0.3, 0.4) is 0 Å². The molecule has 2 aromatic rings. The van der Waals surface area contributed by atoms with Gasteiger partial charge in [-0.2, -0.15) is 11.3 Å². The fourth-order valence-corrected chi connectivity index (χ4v) is 2.06. The Morgan fingerprint density at radius 2 is 2.35 bits per heavy atom. The number of thiophene rings is 1. The molecule has 0 aliphatic carbocycles. The predicted molar refractivity (Wildman–Crippen MR) is 71.1 cm³/mol. The lowest BCUT2D eigenvalue weighted by Gasteiger charge is -2.06. The number of pyridine rings is 1. The van der Waals surface area contributed by atoms with E-state index in [0.29, 0.717) is 16.4 Å². The molecule has 0 radical (unpaired) electrons. The van der Waals surface area contributed by atoms with Gasteiger partial charge in [-0.05, 0) is 17.5 Å². The molecule has 2 aromatic heterocycles. The molecule has 6 heteroatoms. The lowest BCUT2D eigenvalue weighted by atomic mass is 10.2. The fourth-order valence-electron chi connectivity index (χ4n) is 1.28. The van der Waals surface area contributed by atoms with Crippen molar-refractivity contribution >= 4 is 40.4 Å². The van der Waals surface area contributed by atoms with Crippen molar-refractivity contribution in [2.45, 2.75) is 0 Å². The first kappa shape index (κ1) is 11.9. The van der Waals surface area contributed by atoms with Crippen LogP contribution in [-0.4, -0.2) is 17.9 Å². The van der Waals surface area contributed by atoms with E-state index in [1.165, 1.54) is 17.5 Å². The molecule has 0 aliphatic heterocycles. The highest BCUT2D eigenvalue weighted by atomic mass is 35.5. The second-order valence-electron chi connectivity index (χ2n) is 3.27. The van der Waals surface area contributed by atoms with Gasteiger partial charge in [0.25, 0.3) is 5.91 Å². The van der Waals surface area contributed by atoms with Gasteiger partial charge in [0.2, 0.25) is 0 Å². The first-order chi connectivity index (χ1) is 8.20. The number of hydrogen-bond donors (Lipinski definition) is 2. The average Bonchev–Trinajstić information content (AvgIpc) is 2.82. The molecule has 0 spiro atoms. The maximum absolute atomic E-state index is 12.0. The highest BCUT2D eigenvalue weighted by Gasteiger charge is 2.12. The van der Waals surface area contributed by atoms with E-state index in [-0.39, 0.29) is 5.91 Å². The molecule has 4 nitrogen and oxygen atoms in total. The Hall–Kier alpha value is -1.59. The number of anilines is 2. The molecule has 2 heterocycles. The summed E-state index contributed by atoms with van der Waals surface area (Å²) in [4.78, 5) is 16.0. The molecule has 88 valence electrons. The monoisotopic (exact) mass is 267 g/mol. The standard InChI is InChI=1S/C11H10ClN3OS/c1-13-10-4-8(9(12)5-14-10)11(16)15-7-2-3-17-6-7/h2-6H,1H3,(H,13,14)(H,15,16). The minimum absolute atomic E-state index is 0.243. The van der Waals surface area contributed by atoms with Crippen LogP contribution in [-0.2, 0) is 0 Å². The number of amides is 1. The van der Waals surface area contributed by atoms with E-state index >= 15 is 0 Å². The number of rotatable bonds is 3. The minimum Gasteiger partial charge on any atom is -0.373 e. The van der Waals surface area contributed by atoms with Gasteiger partial charge in [-0.1, -0.05) is 11.6 Å². The van der Waals surface area contributed by atoms with E-state index in [4.69, 9.17) is 11.6 Å². The Labute approximate surface area is 108 Å². The van der Waals surface area contributed by atoms with Crippen LogP contribution < -0.4 is 10.6 Å². The van der Waals surface area contributed by atoms with Gasteiger partial charge in [0.1, 0.15) is 5.82 Å². The van der Waals surface area contributed by atoms with Crippen molar-refractivity contribution in [3.63, 3.8) is 0 Å². The molecule has 0 aromatic carbocycles. The van der Waals surface area contributed by atoms with E-state index < -0.39 is 0 Å². The van der Waals surface area contributed by atoms with Gasteiger partial charge in [0.05, 0.1) is 16.3 Å². The number of carbonyl (C=O) groups excluding carboxylic acids is 1. The number of halogens is 1. The minimum atomic E-state index is -0.243. The number of hydrogen-bond acceptors (Lipinski definition) is 4. The van der Waals surface area contributed by atoms with Crippen LogP contribution in [0.4, 0.5) is 11.5 Å². The van der Waals surface area contributed by atoms with Gasteiger partial charge in [-0.25, -0.2) is 4.98 Å². The van der Waals surface area contributed by atoms with Gasteiger partial charge < -0.3 is 10.6 Å². The van der Waals surface area contributed by atoms with E-state index in [0.717, 1.165) is 5.69 Å². The Balaban J connectivity index is 2.24. The van der Waals surface area contributed by atoms with Crippen molar-refractivity contribution in [3.8, 4) is 0 Å². The third-order valence-electron chi connectivity index (χ3n) is 2.14. The van der Waals surface area contributed by atoms with Crippen LogP contribution in [0.2, 0.25) is 5.02 Å². The second-order valence-corrected chi connectivity index (χ2v) is 4.45. The smallest absolute Gasteiger partial charge is 0.257 e. The molecule has 0 saturated heterocycles. The highest BCUT2D eigenvalue weighted by molar-refractivity contribution is 7.08. The maximum Gasteiger partial charge on any atom is 0.257 e. The zero-order chi connectivity index (χ0) is 12.3. The third-order valence-corrected chi connectivity index (χ3v) is 3.12. The van der Waals surface area contributed by atoms with Crippen LogP contribution in [0.5, 0.6) is 0 Å². The Kier molecular flexibility index (Phi) is 3.61. The number of aromatic nitrogens is 1. The van der Waals surface area contributed by atoms with E-state index in [2.05, 4.69) is 15.6 Å². The predicted octanol–water partition coefficient (Wildman–Crippen LogP) is 3.09. The molecular weight excluding hydrogens is 258 g/mol. The van der Waals surface area contributed by atoms with Crippen LogP contribution in [0.25, 0.3) is 0 Å². The SMILES string of the molecule is CNc1cc(C(=O)Nc2ccsc2)c(Cl)cn1. The highest BCUT2D eigenvalue weighted by Crippen LogP contribution is 2.20. The average molecular weight is 268 g/mol.